The summed E-state index contributed by atoms with van der Waals surface area (Å²) >= 11 is 0. The number of aromatic nitrogens is 1. The molecule has 1 heterocycles. The maximum absolute atomic E-state index is 13.0. The van der Waals surface area contributed by atoms with Crippen molar-refractivity contribution in [2.24, 2.45) is 0 Å². The Morgan fingerprint density at radius 1 is 1.44 bits per heavy atom. The highest BCUT2D eigenvalue weighted by atomic mass is 19.2. The van der Waals surface area contributed by atoms with Gasteiger partial charge in [0, 0.05) is 19.7 Å². The molecular weight excluding hydrogens is 225 g/mol. The molecule has 0 fully saturated rings. The Kier molecular flexibility index (Phi) is 4.51. The van der Waals surface area contributed by atoms with Gasteiger partial charge in [-0.3, -0.25) is 0 Å². The predicted octanol–water partition coefficient (Wildman–Crippen LogP) is 0.918. The molecule has 1 rings (SSSR count). The number of aliphatic hydroxyl groups excluding tert-OH is 1. The second-order valence-electron chi connectivity index (χ2n) is 3.08. The smallest absolute Gasteiger partial charge is 0.251 e. The van der Waals surface area contributed by atoms with Gasteiger partial charge in [-0.05, 0) is 0 Å². The third-order valence-corrected chi connectivity index (χ3v) is 1.75. The fraction of sp³-hybridized carbons (Fsp3) is 0.444. The molecule has 16 heavy (non-hydrogen) atoms. The van der Waals surface area contributed by atoms with E-state index in [1.54, 1.807) is 0 Å². The van der Waals surface area contributed by atoms with Gasteiger partial charge in [-0.1, -0.05) is 0 Å². The maximum atomic E-state index is 13.0. The van der Waals surface area contributed by atoms with E-state index >= 15 is 0 Å². The zero-order valence-corrected chi connectivity index (χ0v) is 8.51. The molecule has 90 valence electrons. The molecule has 1 unspecified atom stereocenters. The third-order valence-electron chi connectivity index (χ3n) is 1.75. The SMILES string of the molecule is COCC(O)CNc1nc(F)c(F)cc1F. The van der Waals surface area contributed by atoms with Crippen molar-refractivity contribution in [3.05, 3.63) is 23.6 Å². The topological polar surface area (TPSA) is 54.4 Å². The maximum Gasteiger partial charge on any atom is 0.251 e. The first-order valence-corrected chi connectivity index (χ1v) is 4.47. The number of aliphatic hydroxyl groups is 1. The summed E-state index contributed by atoms with van der Waals surface area (Å²) in [6.07, 6.45) is -0.890. The van der Waals surface area contributed by atoms with Gasteiger partial charge < -0.3 is 15.2 Å². The van der Waals surface area contributed by atoms with E-state index in [4.69, 9.17) is 0 Å². The zero-order chi connectivity index (χ0) is 12.1. The van der Waals surface area contributed by atoms with Gasteiger partial charge >= 0.3 is 0 Å². The van der Waals surface area contributed by atoms with Gasteiger partial charge in [-0.25, -0.2) is 8.78 Å². The van der Waals surface area contributed by atoms with Crippen LogP contribution in [0.3, 0.4) is 0 Å². The van der Waals surface area contributed by atoms with Crippen LogP contribution >= 0.6 is 0 Å². The molecule has 0 aliphatic heterocycles. The van der Waals surface area contributed by atoms with E-state index in [9.17, 15) is 18.3 Å². The minimum absolute atomic E-state index is 0.0400. The van der Waals surface area contributed by atoms with E-state index in [2.05, 4.69) is 15.0 Å². The highest BCUT2D eigenvalue weighted by molar-refractivity contribution is 5.36. The molecule has 0 saturated heterocycles. The van der Waals surface area contributed by atoms with Crippen LogP contribution in [0.4, 0.5) is 19.0 Å². The summed E-state index contributed by atoms with van der Waals surface area (Å²) in [7, 11) is 1.39. The van der Waals surface area contributed by atoms with Crippen molar-refractivity contribution in [2.75, 3.05) is 25.6 Å². The van der Waals surface area contributed by atoms with Gasteiger partial charge in [0.25, 0.3) is 5.95 Å². The van der Waals surface area contributed by atoms with Crippen LogP contribution < -0.4 is 5.32 Å². The molecule has 1 atom stereocenters. The molecule has 0 amide bonds. The quantitative estimate of drug-likeness (QED) is 0.746. The first-order chi connectivity index (χ1) is 7.54. The van der Waals surface area contributed by atoms with Crippen LogP contribution in [0.25, 0.3) is 0 Å². The molecule has 1 aromatic heterocycles. The Labute approximate surface area is 90.1 Å². The van der Waals surface area contributed by atoms with Crippen molar-refractivity contribution in [3.8, 4) is 0 Å². The number of halogens is 3. The molecule has 0 spiro atoms. The van der Waals surface area contributed by atoms with Gasteiger partial charge in [-0.2, -0.15) is 9.37 Å². The van der Waals surface area contributed by atoms with E-state index < -0.39 is 29.5 Å². The number of nitrogens with zero attached hydrogens (tertiary/aromatic N) is 1. The van der Waals surface area contributed by atoms with Crippen LogP contribution in [0, 0.1) is 17.6 Å². The van der Waals surface area contributed by atoms with E-state index in [0.29, 0.717) is 6.07 Å². The minimum Gasteiger partial charge on any atom is -0.389 e. The molecule has 0 aliphatic carbocycles. The summed E-state index contributed by atoms with van der Waals surface area (Å²) in [4.78, 5) is 3.02. The number of hydrogen-bond acceptors (Lipinski definition) is 4. The van der Waals surface area contributed by atoms with Gasteiger partial charge in [-0.15, -0.1) is 0 Å². The number of ether oxygens (including phenoxy) is 1. The molecule has 0 saturated carbocycles. The summed E-state index contributed by atoms with van der Waals surface area (Å²) in [5.74, 6) is -4.23. The second-order valence-corrected chi connectivity index (χ2v) is 3.08. The number of methoxy groups -OCH3 is 1. The summed E-state index contributed by atoms with van der Waals surface area (Å²) < 4.78 is 42.8. The molecule has 2 N–H and O–H groups in total. The van der Waals surface area contributed by atoms with Crippen molar-refractivity contribution in [3.63, 3.8) is 0 Å². The standard InChI is InChI=1S/C9H11F3N2O2/c1-16-4-5(15)3-13-9-7(11)2-6(10)8(12)14-9/h2,5,15H,3-4H2,1H3,(H,13,14). The van der Waals surface area contributed by atoms with Crippen LogP contribution in [0.1, 0.15) is 0 Å². The largest absolute Gasteiger partial charge is 0.389 e. The van der Waals surface area contributed by atoms with E-state index in [1.165, 1.54) is 7.11 Å². The fourth-order valence-electron chi connectivity index (χ4n) is 1.03. The Balaban J connectivity index is 2.63. The molecule has 7 heteroatoms. The molecule has 0 aliphatic rings. The van der Waals surface area contributed by atoms with Crippen molar-refractivity contribution >= 4 is 5.82 Å². The van der Waals surface area contributed by atoms with Crippen LogP contribution in [-0.2, 0) is 4.74 Å². The van der Waals surface area contributed by atoms with E-state index in [-0.39, 0.29) is 13.2 Å². The average Bonchev–Trinajstić information content (AvgIpc) is 2.22. The molecule has 0 aromatic carbocycles. The average molecular weight is 236 g/mol. The molecule has 4 nitrogen and oxygen atoms in total. The minimum atomic E-state index is -1.40. The first-order valence-electron chi connectivity index (χ1n) is 4.47. The summed E-state index contributed by atoms with van der Waals surface area (Å²) in [6, 6.07) is 0.382. The van der Waals surface area contributed by atoms with E-state index in [1.807, 2.05) is 0 Å². The highest BCUT2D eigenvalue weighted by Crippen LogP contribution is 2.13. The lowest BCUT2D eigenvalue weighted by Crippen LogP contribution is -2.25. The Bertz CT molecular complexity index is 363. The second kappa shape index (κ2) is 5.66. The number of pyridine rings is 1. The number of hydrogen-bond donors (Lipinski definition) is 2. The molecule has 0 radical (unpaired) electrons. The van der Waals surface area contributed by atoms with Crippen molar-refractivity contribution in [1.82, 2.24) is 4.98 Å². The zero-order valence-electron chi connectivity index (χ0n) is 8.51. The van der Waals surface area contributed by atoms with Gasteiger partial charge in [0.1, 0.15) is 0 Å². The Morgan fingerprint density at radius 3 is 2.75 bits per heavy atom. The summed E-state index contributed by atoms with van der Waals surface area (Å²) in [5.41, 5.74) is 0. The van der Waals surface area contributed by atoms with Crippen LogP contribution in [0.2, 0.25) is 0 Å². The Morgan fingerprint density at radius 2 is 2.12 bits per heavy atom. The van der Waals surface area contributed by atoms with E-state index in [0.717, 1.165) is 0 Å². The number of anilines is 1. The summed E-state index contributed by atoms with van der Waals surface area (Å²) in [5, 5.41) is 11.6. The molecule has 1 aromatic rings. The van der Waals surface area contributed by atoms with Crippen LogP contribution in [0.5, 0.6) is 0 Å². The lowest BCUT2D eigenvalue weighted by atomic mass is 10.3. The summed E-state index contributed by atoms with van der Waals surface area (Å²) in [6.45, 7) is -0.0405. The van der Waals surface area contributed by atoms with Crippen LogP contribution in [0.15, 0.2) is 6.07 Å². The predicted molar refractivity (Wildman–Crippen MR) is 50.5 cm³/mol. The van der Waals surface area contributed by atoms with Crippen LogP contribution in [-0.4, -0.2) is 36.5 Å². The Hall–Kier alpha value is -1.34. The highest BCUT2D eigenvalue weighted by Gasteiger charge is 2.12. The van der Waals surface area contributed by atoms with Crippen molar-refractivity contribution in [2.45, 2.75) is 6.10 Å². The van der Waals surface area contributed by atoms with Crippen molar-refractivity contribution < 1.29 is 23.0 Å². The van der Waals surface area contributed by atoms with Crippen molar-refractivity contribution in [1.29, 1.82) is 0 Å². The van der Waals surface area contributed by atoms with Gasteiger partial charge in [0.15, 0.2) is 17.5 Å². The lowest BCUT2D eigenvalue weighted by Gasteiger charge is -2.11. The molecule has 0 bridgehead atoms. The fourth-order valence-corrected chi connectivity index (χ4v) is 1.03. The normalized spacial score (nSPS) is 12.6. The van der Waals surface area contributed by atoms with Gasteiger partial charge in [0.2, 0.25) is 0 Å². The lowest BCUT2D eigenvalue weighted by molar-refractivity contribution is 0.0726. The van der Waals surface area contributed by atoms with Gasteiger partial charge in [0.05, 0.1) is 12.7 Å². The first kappa shape index (κ1) is 12.7. The monoisotopic (exact) mass is 236 g/mol. The number of rotatable bonds is 5. The molecular formula is C9H11F3N2O2. The third kappa shape index (κ3) is 3.35. The number of nitrogens with one attached hydrogen (secondary N) is 1.